The first kappa shape index (κ1) is 8.48. The minimum absolute atomic E-state index is 0.413. The topological polar surface area (TPSA) is 0 Å². The molecule has 0 bridgehead atoms. The van der Waals surface area contributed by atoms with Gasteiger partial charge in [0.15, 0.2) is 0 Å². The van der Waals surface area contributed by atoms with Crippen LogP contribution in [-0.4, -0.2) is 0 Å². The number of unbranched alkanes of at least 4 members (excludes halogenated alkanes) is 1. The van der Waals surface area contributed by atoms with Crippen molar-refractivity contribution >= 4 is 0 Å². The van der Waals surface area contributed by atoms with E-state index in [1.54, 1.807) is 0 Å². The third kappa shape index (κ3) is 5.35. The largest absolute Gasteiger partial charge is 0.0950 e. The summed E-state index contributed by atoms with van der Waals surface area (Å²) in [5.41, 5.74) is 0. The summed E-state index contributed by atoms with van der Waals surface area (Å²) >= 11 is 0. The third-order valence-electron chi connectivity index (χ3n) is 1.20. The lowest BCUT2D eigenvalue weighted by atomic mass is 10.1. The van der Waals surface area contributed by atoms with Crippen LogP contribution in [0.2, 0.25) is 0 Å². The maximum absolute atomic E-state index is 3.56. The van der Waals surface area contributed by atoms with Gasteiger partial charge in [-0.15, -0.1) is 0 Å². The van der Waals surface area contributed by atoms with Crippen molar-refractivity contribution in [2.75, 3.05) is 0 Å². The summed E-state index contributed by atoms with van der Waals surface area (Å²) in [5.74, 6) is 0.413. The second-order valence-corrected chi connectivity index (χ2v) is 2.21. The summed E-state index contributed by atoms with van der Waals surface area (Å²) in [7, 11) is 0. The van der Waals surface area contributed by atoms with Crippen LogP contribution in [0, 0.1) is 12.0 Å². The van der Waals surface area contributed by atoms with Crippen LogP contribution in [0.15, 0.2) is 18.7 Å². The van der Waals surface area contributed by atoms with Crippen molar-refractivity contribution < 1.29 is 0 Å². The molecule has 0 N–H and O–H groups in total. The number of hydrogen-bond acceptors (Lipinski definition) is 0. The molecule has 0 aromatic carbocycles. The summed E-state index contributed by atoms with van der Waals surface area (Å²) < 4.78 is 0. The zero-order valence-electron chi connectivity index (χ0n) is 6.35. The highest BCUT2D eigenvalue weighted by Gasteiger charge is 1.84. The normalized spacial score (nSPS) is 14.0. The molecule has 0 aromatic rings. The summed E-state index contributed by atoms with van der Waals surface area (Å²) in [6.45, 7) is 7.82. The minimum atomic E-state index is 0.413. The molecule has 0 aliphatic rings. The zero-order valence-corrected chi connectivity index (χ0v) is 6.35. The summed E-state index contributed by atoms with van der Waals surface area (Å²) in [5, 5.41) is 0. The van der Waals surface area contributed by atoms with Gasteiger partial charge in [-0.05, 0) is 18.4 Å². The summed E-state index contributed by atoms with van der Waals surface area (Å²) in [6.07, 6.45) is 9.60. The van der Waals surface area contributed by atoms with E-state index >= 15 is 0 Å². The van der Waals surface area contributed by atoms with Gasteiger partial charge in [0.25, 0.3) is 0 Å². The van der Waals surface area contributed by atoms with Gasteiger partial charge in [-0.25, -0.2) is 0 Å². The lowest BCUT2D eigenvalue weighted by molar-refractivity contribution is 0.886. The molecule has 1 radical (unpaired) electrons. The second kappa shape index (κ2) is 5.61. The first-order chi connectivity index (χ1) is 4.31. The fourth-order valence-electron chi connectivity index (χ4n) is 0.535. The van der Waals surface area contributed by atoms with Crippen molar-refractivity contribution in [3.63, 3.8) is 0 Å². The predicted octanol–water partition coefficient (Wildman–Crippen LogP) is 2.97. The highest BCUT2D eigenvalue weighted by atomic mass is 13.9. The van der Waals surface area contributed by atoms with E-state index in [9.17, 15) is 0 Å². The van der Waals surface area contributed by atoms with E-state index in [0.29, 0.717) is 5.92 Å². The quantitative estimate of drug-likeness (QED) is 0.504. The molecule has 0 aliphatic heterocycles. The molecule has 0 nitrogen and oxygen atoms in total. The van der Waals surface area contributed by atoms with Crippen molar-refractivity contribution in [2.24, 2.45) is 5.92 Å². The third-order valence-corrected chi connectivity index (χ3v) is 1.20. The van der Waals surface area contributed by atoms with E-state index in [1.807, 2.05) is 0 Å². The molecule has 0 heterocycles. The SMILES string of the molecule is C=[C]C(C)/C=C/CCC. The van der Waals surface area contributed by atoms with Gasteiger partial charge in [-0.2, -0.15) is 0 Å². The molecule has 0 saturated heterocycles. The molecule has 0 rings (SSSR count). The Balaban J connectivity index is 3.31. The standard InChI is InChI=1S/C9H15/c1-4-6-7-8-9(3)5-2/h7-9H,2,4,6H2,1,3H3/b8-7+. The molecular weight excluding hydrogens is 108 g/mol. The van der Waals surface area contributed by atoms with Gasteiger partial charge in [-0.3, -0.25) is 0 Å². The van der Waals surface area contributed by atoms with Gasteiger partial charge in [0, 0.05) is 0 Å². The smallest absolute Gasteiger partial charge is 0.00136 e. The highest BCUT2D eigenvalue weighted by Crippen LogP contribution is 1.98. The Morgan fingerprint density at radius 2 is 2.33 bits per heavy atom. The second-order valence-electron chi connectivity index (χ2n) is 2.21. The maximum atomic E-state index is 3.56. The fraction of sp³-hybridized carbons (Fsp3) is 0.556. The number of allylic oxidation sites excluding steroid dienone is 3. The molecule has 51 valence electrons. The van der Waals surface area contributed by atoms with Crippen molar-refractivity contribution in [1.82, 2.24) is 0 Å². The minimum Gasteiger partial charge on any atom is -0.0950 e. The van der Waals surface area contributed by atoms with Gasteiger partial charge >= 0.3 is 0 Å². The Morgan fingerprint density at radius 1 is 1.67 bits per heavy atom. The van der Waals surface area contributed by atoms with Gasteiger partial charge in [-0.1, -0.05) is 39.0 Å². The van der Waals surface area contributed by atoms with Crippen LogP contribution < -0.4 is 0 Å². The molecule has 0 saturated carbocycles. The van der Waals surface area contributed by atoms with E-state index in [-0.39, 0.29) is 0 Å². The number of hydrogen-bond donors (Lipinski definition) is 0. The zero-order chi connectivity index (χ0) is 7.11. The Morgan fingerprint density at radius 3 is 2.78 bits per heavy atom. The Hall–Kier alpha value is -0.520. The molecule has 9 heavy (non-hydrogen) atoms. The van der Waals surface area contributed by atoms with Crippen LogP contribution in [0.1, 0.15) is 26.7 Å². The average Bonchev–Trinajstić information content (AvgIpc) is 1.89. The van der Waals surface area contributed by atoms with E-state index < -0.39 is 0 Å². The van der Waals surface area contributed by atoms with E-state index in [0.717, 1.165) is 0 Å². The van der Waals surface area contributed by atoms with Crippen LogP contribution in [0.3, 0.4) is 0 Å². The summed E-state index contributed by atoms with van der Waals surface area (Å²) in [6, 6.07) is 0. The molecule has 0 amide bonds. The lowest BCUT2D eigenvalue weighted by Crippen LogP contribution is -1.79. The monoisotopic (exact) mass is 123 g/mol. The lowest BCUT2D eigenvalue weighted by Gasteiger charge is -1.92. The molecular formula is C9H15. The van der Waals surface area contributed by atoms with E-state index in [1.165, 1.54) is 12.8 Å². The molecule has 1 atom stereocenters. The van der Waals surface area contributed by atoms with Gasteiger partial charge in [0.2, 0.25) is 0 Å². The summed E-state index contributed by atoms with van der Waals surface area (Å²) in [4.78, 5) is 0. The number of rotatable bonds is 4. The first-order valence-corrected chi connectivity index (χ1v) is 3.50. The molecule has 0 fully saturated rings. The highest BCUT2D eigenvalue weighted by molar-refractivity contribution is 4.90. The molecule has 0 aliphatic carbocycles. The van der Waals surface area contributed by atoms with Gasteiger partial charge < -0.3 is 0 Å². The van der Waals surface area contributed by atoms with Crippen LogP contribution in [0.25, 0.3) is 0 Å². The van der Waals surface area contributed by atoms with Crippen LogP contribution in [0.5, 0.6) is 0 Å². The van der Waals surface area contributed by atoms with Crippen molar-refractivity contribution in [1.29, 1.82) is 0 Å². The maximum Gasteiger partial charge on any atom is -0.00136 e. The Bertz CT molecular complexity index is 90.2. The van der Waals surface area contributed by atoms with Gasteiger partial charge in [0.05, 0.1) is 0 Å². The van der Waals surface area contributed by atoms with Crippen molar-refractivity contribution in [2.45, 2.75) is 26.7 Å². The van der Waals surface area contributed by atoms with E-state index in [4.69, 9.17) is 0 Å². The van der Waals surface area contributed by atoms with Crippen LogP contribution in [0.4, 0.5) is 0 Å². The molecule has 1 unspecified atom stereocenters. The van der Waals surface area contributed by atoms with E-state index in [2.05, 4.69) is 38.7 Å². The predicted molar refractivity (Wildman–Crippen MR) is 42.1 cm³/mol. The Labute approximate surface area is 58.3 Å². The van der Waals surface area contributed by atoms with Gasteiger partial charge in [0.1, 0.15) is 0 Å². The molecule has 0 aromatic heterocycles. The van der Waals surface area contributed by atoms with Crippen molar-refractivity contribution in [3.05, 3.63) is 24.8 Å². The van der Waals surface area contributed by atoms with Crippen LogP contribution in [-0.2, 0) is 0 Å². The van der Waals surface area contributed by atoms with Crippen LogP contribution >= 0.6 is 0 Å². The average molecular weight is 123 g/mol. The fourth-order valence-corrected chi connectivity index (χ4v) is 0.535. The Kier molecular flexibility index (Phi) is 5.29. The van der Waals surface area contributed by atoms with Crippen molar-refractivity contribution in [3.8, 4) is 0 Å². The first-order valence-electron chi connectivity index (χ1n) is 3.50. The molecule has 0 spiro atoms. The molecule has 0 heteroatoms.